The molecule has 0 aromatic rings. The molecule has 0 aliphatic rings. The van der Waals surface area contributed by atoms with Crippen molar-refractivity contribution >= 4 is 17.9 Å². The summed E-state index contributed by atoms with van der Waals surface area (Å²) >= 11 is 0. The standard InChI is InChI=1S/C44H84O6/c1-5-7-9-11-13-14-20-24-28-32-36-43(46)49-39-41(38-48-42(45)35-31-27-22-12-10-8-6-2)50-44(47)37-33-29-25-21-18-16-15-17-19-23-26-30-34-40(3)4/h40-41H,5-39H2,1-4H3/t41-/m1/s1. The first-order chi connectivity index (χ1) is 24.4. The second-order valence-electron chi connectivity index (χ2n) is 15.5. The molecule has 0 fully saturated rings. The minimum atomic E-state index is -0.757. The van der Waals surface area contributed by atoms with E-state index >= 15 is 0 Å². The van der Waals surface area contributed by atoms with Gasteiger partial charge in [0.05, 0.1) is 0 Å². The Morgan fingerprint density at radius 1 is 0.380 bits per heavy atom. The van der Waals surface area contributed by atoms with Gasteiger partial charge in [-0.2, -0.15) is 0 Å². The molecule has 1 atom stereocenters. The number of carbonyl (C=O) groups is 3. The Balaban J connectivity index is 4.27. The van der Waals surface area contributed by atoms with E-state index in [9.17, 15) is 14.4 Å². The molecule has 0 rings (SSSR count). The Morgan fingerprint density at radius 2 is 0.660 bits per heavy atom. The Bertz CT molecular complexity index is 751. The van der Waals surface area contributed by atoms with Crippen LogP contribution in [-0.2, 0) is 28.6 Å². The molecule has 0 unspecified atom stereocenters. The van der Waals surface area contributed by atoms with Crippen molar-refractivity contribution in [2.75, 3.05) is 13.2 Å². The highest BCUT2D eigenvalue weighted by atomic mass is 16.6. The normalized spacial score (nSPS) is 11.9. The van der Waals surface area contributed by atoms with Crippen LogP contribution in [0.3, 0.4) is 0 Å². The van der Waals surface area contributed by atoms with Gasteiger partial charge in [0, 0.05) is 19.3 Å². The van der Waals surface area contributed by atoms with Gasteiger partial charge in [0.25, 0.3) is 0 Å². The minimum absolute atomic E-state index is 0.0645. The highest BCUT2D eigenvalue weighted by Gasteiger charge is 2.19. The lowest BCUT2D eigenvalue weighted by atomic mass is 10.0. The summed E-state index contributed by atoms with van der Waals surface area (Å²) in [5, 5.41) is 0. The number of hydrogen-bond acceptors (Lipinski definition) is 6. The van der Waals surface area contributed by atoms with Crippen LogP contribution < -0.4 is 0 Å². The van der Waals surface area contributed by atoms with Crippen LogP contribution in [0.2, 0.25) is 0 Å². The molecule has 6 heteroatoms. The van der Waals surface area contributed by atoms with E-state index in [1.165, 1.54) is 135 Å². The molecule has 50 heavy (non-hydrogen) atoms. The average Bonchev–Trinajstić information content (AvgIpc) is 3.09. The summed E-state index contributed by atoms with van der Waals surface area (Å²) < 4.78 is 16.6. The van der Waals surface area contributed by atoms with E-state index in [2.05, 4.69) is 27.7 Å². The van der Waals surface area contributed by atoms with E-state index < -0.39 is 6.10 Å². The van der Waals surface area contributed by atoms with Crippen LogP contribution in [0.1, 0.15) is 240 Å². The van der Waals surface area contributed by atoms with Crippen molar-refractivity contribution in [3.8, 4) is 0 Å². The quantitative estimate of drug-likeness (QED) is 0.0359. The van der Waals surface area contributed by atoms with Gasteiger partial charge in [0.1, 0.15) is 13.2 Å². The van der Waals surface area contributed by atoms with Crippen LogP contribution in [0.5, 0.6) is 0 Å². The van der Waals surface area contributed by atoms with Gasteiger partial charge < -0.3 is 14.2 Å². The van der Waals surface area contributed by atoms with Crippen LogP contribution in [0, 0.1) is 5.92 Å². The average molecular weight is 709 g/mol. The maximum Gasteiger partial charge on any atom is 0.306 e. The predicted molar refractivity (Wildman–Crippen MR) is 210 cm³/mol. The molecule has 0 aliphatic heterocycles. The summed E-state index contributed by atoms with van der Waals surface area (Å²) in [6.07, 6.45) is 36.7. The molecule has 0 aliphatic carbocycles. The van der Waals surface area contributed by atoms with E-state index in [0.717, 1.165) is 63.7 Å². The van der Waals surface area contributed by atoms with Crippen LogP contribution in [0.15, 0.2) is 0 Å². The molecule has 6 nitrogen and oxygen atoms in total. The Hall–Kier alpha value is -1.59. The van der Waals surface area contributed by atoms with Gasteiger partial charge in [-0.3, -0.25) is 14.4 Å². The summed E-state index contributed by atoms with van der Waals surface area (Å²) in [6, 6.07) is 0. The third-order valence-electron chi connectivity index (χ3n) is 9.79. The van der Waals surface area contributed by atoms with E-state index in [1.807, 2.05) is 0 Å². The van der Waals surface area contributed by atoms with Gasteiger partial charge in [-0.25, -0.2) is 0 Å². The van der Waals surface area contributed by atoms with E-state index in [0.29, 0.717) is 19.3 Å². The van der Waals surface area contributed by atoms with Gasteiger partial charge in [-0.05, 0) is 25.2 Å². The second kappa shape index (κ2) is 38.6. The number of rotatable bonds is 39. The monoisotopic (exact) mass is 709 g/mol. The van der Waals surface area contributed by atoms with Crippen LogP contribution in [0.25, 0.3) is 0 Å². The lowest BCUT2D eigenvalue weighted by Crippen LogP contribution is -2.30. The highest BCUT2D eigenvalue weighted by molar-refractivity contribution is 5.71. The number of hydrogen-bond donors (Lipinski definition) is 0. The summed E-state index contributed by atoms with van der Waals surface area (Å²) in [7, 11) is 0. The van der Waals surface area contributed by atoms with Gasteiger partial charge in [-0.1, -0.05) is 201 Å². The molecule has 0 aromatic heterocycles. The first-order valence-corrected chi connectivity index (χ1v) is 21.9. The first kappa shape index (κ1) is 48.4. The van der Waals surface area contributed by atoms with Gasteiger partial charge in [0.2, 0.25) is 0 Å². The Morgan fingerprint density at radius 3 is 0.980 bits per heavy atom. The third-order valence-corrected chi connectivity index (χ3v) is 9.79. The van der Waals surface area contributed by atoms with Gasteiger partial charge in [0.15, 0.2) is 6.10 Å². The van der Waals surface area contributed by atoms with Crippen LogP contribution in [-0.4, -0.2) is 37.2 Å². The lowest BCUT2D eigenvalue weighted by molar-refractivity contribution is -0.167. The molecule has 0 heterocycles. The molecule has 0 spiro atoms. The smallest absolute Gasteiger partial charge is 0.306 e. The molecule has 0 amide bonds. The fraction of sp³-hybridized carbons (Fsp3) is 0.932. The number of ether oxygens (including phenoxy) is 3. The van der Waals surface area contributed by atoms with E-state index in [1.54, 1.807) is 0 Å². The number of carbonyl (C=O) groups excluding carboxylic acids is 3. The van der Waals surface area contributed by atoms with Crippen molar-refractivity contribution in [1.29, 1.82) is 0 Å². The van der Waals surface area contributed by atoms with Crippen molar-refractivity contribution < 1.29 is 28.6 Å². The number of esters is 3. The Labute approximate surface area is 310 Å². The van der Waals surface area contributed by atoms with Crippen molar-refractivity contribution in [2.45, 2.75) is 246 Å². The fourth-order valence-corrected chi connectivity index (χ4v) is 6.45. The highest BCUT2D eigenvalue weighted by Crippen LogP contribution is 2.16. The van der Waals surface area contributed by atoms with Gasteiger partial charge >= 0.3 is 17.9 Å². The Kier molecular flexibility index (Phi) is 37.4. The summed E-state index contributed by atoms with van der Waals surface area (Å²) in [5.41, 5.74) is 0. The van der Waals surface area contributed by atoms with Crippen LogP contribution in [0.4, 0.5) is 0 Å². The summed E-state index contributed by atoms with van der Waals surface area (Å²) in [5.74, 6) is -0.0319. The molecule has 0 N–H and O–H groups in total. The molecule has 0 bridgehead atoms. The van der Waals surface area contributed by atoms with Crippen LogP contribution >= 0.6 is 0 Å². The lowest BCUT2D eigenvalue weighted by Gasteiger charge is -2.18. The molecule has 296 valence electrons. The van der Waals surface area contributed by atoms with Crippen molar-refractivity contribution in [1.82, 2.24) is 0 Å². The fourth-order valence-electron chi connectivity index (χ4n) is 6.45. The largest absolute Gasteiger partial charge is 0.462 e. The van der Waals surface area contributed by atoms with Crippen molar-refractivity contribution in [2.24, 2.45) is 5.92 Å². The minimum Gasteiger partial charge on any atom is -0.462 e. The molecular weight excluding hydrogens is 624 g/mol. The number of unbranched alkanes of at least 4 members (excludes halogenated alkanes) is 26. The maximum atomic E-state index is 12.7. The summed E-state index contributed by atoms with van der Waals surface area (Å²) in [6.45, 7) is 8.94. The first-order valence-electron chi connectivity index (χ1n) is 21.9. The SMILES string of the molecule is CCCCCCCCCCCCC(=O)OC[C@@H](COC(=O)CCCCCCCCC)OC(=O)CCCCCCCCCCCCCCC(C)C. The zero-order valence-electron chi connectivity index (χ0n) is 33.9. The second-order valence-corrected chi connectivity index (χ2v) is 15.5. The zero-order chi connectivity index (χ0) is 36.8. The van der Waals surface area contributed by atoms with Gasteiger partial charge in [-0.15, -0.1) is 0 Å². The predicted octanol–water partition coefficient (Wildman–Crippen LogP) is 13.6. The molecule has 0 saturated heterocycles. The molecule has 0 saturated carbocycles. The van der Waals surface area contributed by atoms with Crippen molar-refractivity contribution in [3.63, 3.8) is 0 Å². The topological polar surface area (TPSA) is 78.9 Å². The van der Waals surface area contributed by atoms with Crippen molar-refractivity contribution in [3.05, 3.63) is 0 Å². The molecular formula is C44H84O6. The zero-order valence-corrected chi connectivity index (χ0v) is 33.9. The molecule has 0 radical (unpaired) electrons. The van der Waals surface area contributed by atoms with E-state index in [4.69, 9.17) is 14.2 Å². The van der Waals surface area contributed by atoms with E-state index in [-0.39, 0.29) is 31.1 Å². The molecule has 0 aromatic carbocycles. The summed E-state index contributed by atoms with van der Waals surface area (Å²) in [4.78, 5) is 37.5. The maximum absolute atomic E-state index is 12.7. The third kappa shape index (κ3) is 37.7.